The van der Waals surface area contributed by atoms with Gasteiger partial charge in [0.25, 0.3) is 5.91 Å². The highest BCUT2D eigenvalue weighted by atomic mass is 32.1. The number of thiazole rings is 1. The van der Waals surface area contributed by atoms with Gasteiger partial charge in [0, 0.05) is 42.8 Å². The number of piperidine rings is 1. The predicted molar refractivity (Wildman–Crippen MR) is 116 cm³/mol. The van der Waals surface area contributed by atoms with E-state index in [1.165, 1.54) is 11.3 Å². The van der Waals surface area contributed by atoms with Crippen LogP contribution in [-0.4, -0.2) is 51.2 Å². The molecule has 0 atom stereocenters. The predicted octanol–water partition coefficient (Wildman–Crippen LogP) is 3.85. The van der Waals surface area contributed by atoms with Gasteiger partial charge in [0.05, 0.1) is 11.9 Å². The van der Waals surface area contributed by atoms with Gasteiger partial charge >= 0.3 is 0 Å². The van der Waals surface area contributed by atoms with Crippen molar-refractivity contribution in [3.63, 3.8) is 0 Å². The summed E-state index contributed by atoms with van der Waals surface area (Å²) in [5.41, 5.74) is 2.40. The Hall–Kier alpha value is -2.51. The lowest BCUT2D eigenvalue weighted by atomic mass is 10.0. The van der Waals surface area contributed by atoms with Crippen molar-refractivity contribution in [2.75, 3.05) is 19.6 Å². The van der Waals surface area contributed by atoms with E-state index in [4.69, 9.17) is 0 Å². The van der Waals surface area contributed by atoms with Crippen LogP contribution in [0.15, 0.2) is 48.1 Å². The summed E-state index contributed by atoms with van der Waals surface area (Å²) in [6.07, 6.45) is 5.73. The zero-order valence-corrected chi connectivity index (χ0v) is 17.7. The first-order valence-electron chi connectivity index (χ1n) is 10.2. The Labute approximate surface area is 175 Å². The maximum Gasteiger partial charge on any atom is 0.270 e. The van der Waals surface area contributed by atoms with Gasteiger partial charge < -0.3 is 10.2 Å². The van der Waals surface area contributed by atoms with E-state index in [1.807, 2.05) is 46.6 Å². The third kappa shape index (κ3) is 4.92. The second-order valence-electron chi connectivity index (χ2n) is 7.99. The first kappa shape index (κ1) is 19.8. The molecule has 29 heavy (non-hydrogen) atoms. The molecule has 1 amide bonds. The van der Waals surface area contributed by atoms with Crippen molar-refractivity contribution < 1.29 is 4.79 Å². The molecular weight excluding hydrogens is 382 g/mol. The minimum Gasteiger partial charge on any atom is -0.348 e. The summed E-state index contributed by atoms with van der Waals surface area (Å²) in [6, 6.07) is 10.2. The molecule has 0 radical (unpaired) electrons. The average molecular weight is 410 g/mol. The smallest absolute Gasteiger partial charge is 0.270 e. The van der Waals surface area contributed by atoms with Gasteiger partial charge in [-0.1, -0.05) is 32.0 Å². The molecule has 0 saturated carbocycles. The van der Waals surface area contributed by atoms with Crippen molar-refractivity contribution in [1.29, 1.82) is 0 Å². The fourth-order valence-corrected chi connectivity index (χ4v) is 4.48. The maximum absolute atomic E-state index is 12.6. The van der Waals surface area contributed by atoms with Gasteiger partial charge in [-0.05, 0) is 30.9 Å². The number of nitrogens with one attached hydrogen (secondary N) is 1. The Kier molecular flexibility index (Phi) is 6.06. The molecule has 7 heteroatoms. The Bertz CT molecular complexity index is 941. The van der Waals surface area contributed by atoms with Gasteiger partial charge in [-0.2, -0.15) is 5.10 Å². The first-order chi connectivity index (χ1) is 14.1. The summed E-state index contributed by atoms with van der Waals surface area (Å²) in [6.45, 7) is 7.72. The standard InChI is InChI=1S/C22H27N5OS/c1-16(2)13-26-10-8-18(9-11-26)24-21(28)20-15-29-22(25-20)17-12-23-27(14-17)19-6-4-3-5-7-19/h3-7,12,14-16,18H,8-11,13H2,1-2H3,(H,24,28). The van der Waals surface area contributed by atoms with E-state index in [0.29, 0.717) is 11.6 Å². The Morgan fingerprint density at radius 1 is 1.24 bits per heavy atom. The minimum absolute atomic E-state index is 0.0785. The second kappa shape index (κ2) is 8.88. The van der Waals surface area contributed by atoms with Crippen molar-refractivity contribution in [2.24, 2.45) is 5.92 Å². The number of carbonyl (C=O) groups is 1. The molecule has 0 bridgehead atoms. The molecule has 0 unspecified atom stereocenters. The SMILES string of the molecule is CC(C)CN1CCC(NC(=O)c2csc(-c3cnn(-c4ccccc4)c3)n2)CC1. The molecule has 2 aromatic heterocycles. The van der Waals surface area contributed by atoms with E-state index in [-0.39, 0.29) is 11.9 Å². The van der Waals surface area contributed by atoms with Crippen LogP contribution >= 0.6 is 11.3 Å². The van der Waals surface area contributed by atoms with E-state index in [2.05, 4.69) is 34.1 Å². The third-order valence-corrected chi connectivity index (χ3v) is 6.02. The number of nitrogens with zero attached hydrogens (tertiary/aromatic N) is 4. The van der Waals surface area contributed by atoms with E-state index in [0.717, 1.165) is 48.7 Å². The van der Waals surface area contributed by atoms with Gasteiger partial charge in [0.2, 0.25) is 0 Å². The molecule has 4 rings (SSSR count). The highest BCUT2D eigenvalue weighted by Gasteiger charge is 2.22. The van der Waals surface area contributed by atoms with Crippen LogP contribution in [0.2, 0.25) is 0 Å². The van der Waals surface area contributed by atoms with Crippen LogP contribution in [0.5, 0.6) is 0 Å². The summed E-state index contributed by atoms with van der Waals surface area (Å²) < 4.78 is 1.82. The van der Waals surface area contributed by atoms with Crippen molar-refractivity contribution in [3.8, 4) is 16.3 Å². The summed E-state index contributed by atoms with van der Waals surface area (Å²) >= 11 is 1.48. The number of rotatable bonds is 6. The zero-order chi connectivity index (χ0) is 20.2. The monoisotopic (exact) mass is 409 g/mol. The molecule has 1 fully saturated rings. The fourth-order valence-electron chi connectivity index (χ4n) is 3.70. The molecule has 1 aromatic carbocycles. The molecule has 1 aliphatic rings. The van der Waals surface area contributed by atoms with E-state index in [1.54, 1.807) is 6.20 Å². The molecule has 6 nitrogen and oxygen atoms in total. The lowest BCUT2D eigenvalue weighted by Crippen LogP contribution is -2.45. The average Bonchev–Trinajstić information content (AvgIpc) is 3.39. The number of amides is 1. The van der Waals surface area contributed by atoms with Crippen LogP contribution in [-0.2, 0) is 0 Å². The molecule has 3 aromatic rings. The van der Waals surface area contributed by atoms with Crippen molar-refractivity contribution in [1.82, 2.24) is 25.0 Å². The molecule has 1 saturated heterocycles. The van der Waals surface area contributed by atoms with Gasteiger partial charge in [-0.3, -0.25) is 4.79 Å². The maximum atomic E-state index is 12.6. The molecule has 3 heterocycles. The number of hydrogen-bond donors (Lipinski definition) is 1. The summed E-state index contributed by atoms with van der Waals surface area (Å²) in [7, 11) is 0. The van der Waals surface area contributed by atoms with Crippen LogP contribution in [0.3, 0.4) is 0 Å². The van der Waals surface area contributed by atoms with Crippen LogP contribution in [0.4, 0.5) is 0 Å². The van der Waals surface area contributed by atoms with Crippen molar-refractivity contribution in [3.05, 3.63) is 53.8 Å². The lowest BCUT2D eigenvalue weighted by molar-refractivity contribution is 0.0903. The van der Waals surface area contributed by atoms with Gasteiger partial charge in [0.1, 0.15) is 10.7 Å². The normalized spacial score (nSPS) is 15.7. The number of aromatic nitrogens is 3. The van der Waals surface area contributed by atoms with Crippen LogP contribution in [0.1, 0.15) is 37.2 Å². The largest absolute Gasteiger partial charge is 0.348 e. The van der Waals surface area contributed by atoms with Gasteiger partial charge in [0.15, 0.2) is 0 Å². The van der Waals surface area contributed by atoms with E-state index < -0.39 is 0 Å². The summed E-state index contributed by atoms with van der Waals surface area (Å²) in [5, 5.41) is 10.2. The highest BCUT2D eigenvalue weighted by Crippen LogP contribution is 2.24. The molecule has 0 spiro atoms. The Morgan fingerprint density at radius 2 is 2.00 bits per heavy atom. The molecule has 0 aliphatic carbocycles. The topological polar surface area (TPSA) is 63.1 Å². The van der Waals surface area contributed by atoms with E-state index >= 15 is 0 Å². The number of carbonyl (C=O) groups excluding carboxylic acids is 1. The molecule has 1 N–H and O–H groups in total. The summed E-state index contributed by atoms with van der Waals surface area (Å²) in [5.74, 6) is 0.603. The second-order valence-corrected chi connectivity index (χ2v) is 8.85. The van der Waals surface area contributed by atoms with Crippen molar-refractivity contribution in [2.45, 2.75) is 32.7 Å². The number of likely N-dealkylation sites (tertiary alicyclic amines) is 1. The zero-order valence-electron chi connectivity index (χ0n) is 16.9. The minimum atomic E-state index is -0.0785. The molecule has 152 valence electrons. The fraction of sp³-hybridized carbons (Fsp3) is 0.409. The summed E-state index contributed by atoms with van der Waals surface area (Å²) in [4.78, 5) is 19.7. The van der Waals surface area contributed by atoms with Crippen LogP contribution in [0.25, 0.3) is 16.3 Å². The Balaban J connectivity index is 1.36. The van der Waals surface area contributed by atoms with Gasteiger partial charge in [-0.15, -0.1) is 11.3 Å². The van der Waals surface area contributed by atoms with Crippen LogP contribution < -0.4 is 5.32 Å². The number of benzene rings is 1. The van der Waals surface area contributed by atoms with E-state index in [9.17, 15) is 4.79 Å². The first-order valence-corrected chi connectivity index (χ1v) is 11.1. The highest BCUT2D eigenvalue weighted by molar-refractivity contribution is 7.13. The molecular formula is C22H27N5OS. The number of hydrogen-bond acceptors (Lipinski definition) is 5. The van der Waals surface area contributed by atoms with Crippen LogP contribution in [0, 0.1) is 5.92 Å². The number of para-hydroxylation sites is 1. The lowest BCUT2D eigenvalue weighted by Gasteiger charge is -2.33. The van der Waals surface area contributed by atoms with Crippen molar-refractivity contribution >= 4 is 17.2 Å². The quantitative estimate of drug-likeness (QED) is 0.672. The molecule has 1 aliphatic heterocycles. The Morgan fingerprint density at radius 3 is 2.72 bits per heavy atom. The van der Waals surface area contributed by atoms with Gasteiger partial charge in [-0.25, -0.2) is 9.67 Å². The third-order valence-electron chi connectivity index (χ3n) is 5.13.